The van der Waals surface area contributed by atoms with Crippen LogP contribution in [-0.2, 0) is 9.53 Å². The molecule has 7 heteroatoms. The van der Waals surface area contributed by atoms with Gasteiger partial charge < -0.3 is 15.2 Å². The number of hydrogen-bond acceptors (Lipinski definition) is 5. The topological polar surface area (TPSA) is 90.9 Å². The number of carbonyl (C=O) groups excluding carboxylic acids is 2. The van der Waals surface area contributed by atoms with Crippen molar-refractivity contribution < 1.29 is 19.4 Å². The van der Waals surface area contributed by atoms with Crippen LogP contribution < -0.4 is 10.6 Å². The summed E-state index contributed by atoms with van der Waals surface area (Å²) in [6.45, 7) is 7.51. The fourth-order valence-electron chi connectivity index (χ4n) is 2.42. The van der Waals surface area contributed by atoms with Crippen molar-refractivity contribution in [3.8, 4) is 0 Å². The Labute approximate surface area is 126 Å². The standard InChI is InChI=1S/C14H27N3O4/c1-4-5-6-15-13(20)16-12(19)8-17-7-11(9-18)21-14(2,3)10-17/h11,18H,4-10H2,1-3H3,(H2,15,16,19,20). The van der Waals surface area contributed by atoms with Crippen LogP contribution in [0.1, 0.15) is 33.6 Å². The monoisotopic (exact) mass is 301 g/mol. The molecular weight excluding hydrogens is 274 g/mol. The first kappa shape index (κ1) is 17.9. The number of rotatable bonds is 6. The Morgan fingerprint density at radius 1 is 1.43 bits per heavy atom. The molecule has 1 atom stereocenters. The minimum atomic E-state index is -0.459. The van der Waals surface area contributed by atoms with Gasteiger partial charge in [-0.2, -0.15) is 0 Å². The lowest BCUT2D eigenvalue weighted by atomic mass is 10.1. The lowest BCUT2D eigenvalue weighted by molar-refractivity contribution is -0.152. The lowest BCUT2D eigenvalue weighted by Gasteiger charge is -2.41. The van der Waals surface area contributed by atoms with Gasteiger partial charge in [0, 0.05) is 19.6 Å². The van der Waals surface area contributed by atoms with E-state index in [0.29, 0.717) is 19.6 Å². The Morgan fingerprint density at radius 2 is 2.14 bits per heavy atom. The van der Waals surface area contributed by atoms with Crippen molar-refractivity contribution in [2.75, 3.05) is 32.8 Å². The molecule has 3 N–H and O–H groups in total. The SMILES string of the molecule is CCCCNC(=O)NC(=O)CN1CC(CO)OC(C)(C)C1. The van der Waals surface area contributed by atoms with E-state index in [1.807, 2.05) is 25.7 Å². The number of hydrogen-bond donors (Lipinski definition) is 3. The van der Waals surface area contributed by atoms with Crippen LogP contribution in [-0.4, -0.2) is 66.4 Å². The van der Waals surface area contributed by atoms with Crippen LogP contribution in [0.15, 0.2) is 0 Å². The number of nitrogens with zero attached hydrogens (tertiary/aromatic N) is 1. The molecule has 1 aliphatic rings. The van der Waals surface area contributed by atoms with Crippen LogP contribution in [0.5, 0.6) is 0 Å². The molecule has 1 aliphatic heterocycles. The first-order valence-electron chi connectivity index (χ1n) is 7.45. The molecule has 3 amide bonds. The molecule has 21 heavy (non-hydrogen) atoms. The molecule has 0 aromatic rings. The maximum Gasteiger partial charge on any atom is 0.321 e. The van der Waals surface area contributed by atoms with E-state index in [4.69, 9.17) is 4.74 Å². The third-order valence-electron chi connectivity index (χ3n) is 3.19. The van der Waals surface area contributed by atoms with Gasteiger partial charge in [-0.3, -0.25) is 15.0 Å². The Morgan fingerprint density at radius 3 is 2.76 bits per heavy atom. The van der Waals surface area contributed by atoms with Crippen LogP contribution in [0.4, 0.5) is 4.79 Å². The van der Waals surface area contributed by atoms with Gasteiger partial charge in [-0.1, -0.05) is 13.3 Å². The van der Waals surface area contributed by atoms with Gasteiger partial charge in [-0.05, 0) is 20.3 Å². The van der Waals surface area contributed by atoms with Crippen LogP contribution in [0.2, 0.25) is 0 Å². The highest BCUT2D eigenvalue weighted by atomic mass is 16.5. The zero-order chi connectivity index (χ0) is 15.9. The van der Waals surface area contributed by atoms with Crippen molar-refractivity contribution in [3.05, 3.63) is 0 Å². The third kappa shape index (κ3) is 6.88. The van der Waals surface area contributed by atoms with Gasteiger partial charge in [0.05, 0.1) is 24.9 Å². The Balaban J connectivity index is 2.37. The van der Waals surface area contributed by atoms with Crippen molar-refractivity contribution >= 4 is 11.9 Å². The maximum atomic E-state index is 11.8. The largest absolute Gasteiger partial charge is 0.394 e. The smallest absolute Gasteiger partial charge is 0.321 e. The highest BCUT2D eigenvalue weighted by Gasteiger charge is 2.33. The molecule has 122 valence electrons. The lowest BCUT2D eigenvalue weighted by Crippen LogP contribution is -2.56. The number of aliphatic hydroxyl groups excluding tert-OH is 1. The molecule has 1 fully saturated rings. The second-order valence-corrected chi connectivity index (χ2v) is 6.01. The molecule has 1 saturated heterocycles. The van der Waals surface area contributed by atoms with Crippen molar-refractivity contribution in [2.24, 2.45) is 0 Å². The fourth-order valence-corrected chi connectivity index (χ4v) is 2.42. The number of carbonyl (C=O) groups is 2. The summed E-state index contributed by atoms with van der Waals surface area (Å²) in [6, 6.07) is -0.459. The average molecular weight is 301 g/mol. The van der Waals surface area contributed by atoms with Gasteiger partial charge in [0.15, 0.2) is 0 Å². The summed E-state index contributed by atoms with van der Waals surface area (Å²) in [5.41, 5.74) is -0.421. The summed E-state index contributed by atoms with van der Waals surface area (Å²) in [4.78, 5) is 25.2. The summed E-state index contributed by atoms with van der Waals surface area (Å²) in [7, 11) is 0. The molecule has 0 radical (unpaired) electrons. The van der Waals surface area contributed by atoms with Crippen molar-refractivity contribution in [3.63, 3.8) is 0 Å². The minimum absolute atomic E-state index is 0.0843. The zero-order valence-corrected chi connectivity index (χ0v) is 13.1. The number of imide groups is 1. The molecule has 0 saturated carbocycles. The van der Waals surface area contributed by atoms with Gasteiger partial charge in [-0.25, -0.2) is 4.79 Å². The molecule has 1 rings (SSSR count). The number of amides is 3. The Kier molecular flexibility index (Phi) is 7.07. The maximum absolute atomic E-state index is 11.8. The van der Waals surface area contributed by atoms with Crippen LogP contribution in [0.25, 0.3) is 0 Å². The predicted molar refractivity (Wildman–Crippen MR) is 78.9 cm³/mol. The minimum Gasteiger partial charge on any atom is -0.394 e. The Hall–Kier alpha value is -1.18. The molecule has 7 nitrogen and oxygen atoms in total. The average Bonchev–Trinajstić information content (AvgIpc) is 2.36. The quantitative estimate of drug-likeness (QED) is 0.605. The van der Waals surface area contributed by atoms with Crippen LogP contribution >= 0.6 is 0 Å². The molecule has 0 aromatic carbocycles. The third-order valence-corrected chi connectivity index (χ3v) is 3.19. The summed E-state index contributed by atoms with van der Waals surface area (Å²) in [5.74, 6) is -0.349. The van der Waals surface area contributed by atoms with E-state index in [9.17, 15) is 14.7 Å². The number of aliphatic hydroxyl groups is 1. The van der Waals surface area contributed by atoms with Crippen molar-refractivity contribution in [2.45, 2.75) is 45.3 Å². The molecule has 1 unspecified atom stereocenters. The number of nitrogens with one attached hydrogen (secondary N) is 2. The molecule has 0 bridgehead atoms. The van der Waals surface area contributed by atoms with E-state index >= 15 is 0 Å². The summed E-state index contributed by atoms with van der Waals surface area (Å²) in [5, 5.41) is 14.2. The summed E-state index contributed by atoms with van der Waals surface area (Å²) < 4.78 is 5.68. The van der Waals surface area contributed by atoms with E-state index in [2.05, 4.69) is 10.6 Å². The fraction of sp³-hybridized carbons (Fsp3) is 0.857. The molecular formula is C14H27N3O4. The van der Waals surface area contributed by atoms with Crippen LogP contribution in [0.3, 0.4) is 0 Å². The van der Waals surface area contributed by atoms with Gasteiger partial charge >= 0.3 is 6.03 Å². The van der Waals surface area contributed by atoms with Crippen molar-refractivity contribution in [1.29, 1.82) is 0 Å². The van der Waals surface area contributed by atoms with Gasteiger partial charge in [-0.15, -0.1) is 0 Å². The molecule has 0 aliphatic carbocycles. The summed E-state index contributed by atoms with van der Waals surface area (Å²) in [6.07, 6.45) is 1.57. The van der Waals surface area contributed by atoms with E-state index < -0.39 is 11.6 Å². The molecule has 0 spiro atoms. The van der Waals surface area contributed by atoms with Gasteiger partial charge in [0.1, 0.15) is 0 Å². The van der Waals surface area contributed by atoms with Gasteiger partial charge in [0.25, 0.3) is 0 Å². The second-order valence-electron chi connectivity index (χ2n) is 6.01. The first-order valence-corrected chi connectivity index (χ1v) is 7.45. The number of morpholine rings is 1. The molecule has 0 aromatic heterocycles. The normalized spacial score (nSPS) is 21.8. The van der Waals surface area contributed by atoms with E-state index in [1.54, 1.807) is 0 Å². The van der Waals surface area contributed by atoms with Gasteiger partial charge in [0.2, 0.25) is 5.91 Å². The second kappa shape index (κ2) is 8.31. The number of urea groups is 1. The van der Waals surface area contributed by atoms with E-state index in [-0.39, 0.29) is 25.2 Å². The zero-order valence-electron chi connectivity index (χ0n) is 13.1. The number of ether oxygens (including phenoxy) is 1. The van der Waals surface area contributed by atoms with E-state index in [1.165, 1.54) is 0 Å². The molecule has 1 heterocycles. The Bertz CT molecular complexity index is 360. The summed E-state index contributed by atoms with van der Waals surface area (Å²) >= 11 is 0. The van der Waals surface area contributed by atoms with Crippen LogP contribution in [0, 0.1) is 0 Å². The highest BCUT2D eigenvalue weighted by Crippen LogP contribution is 2.20. The highest BCUT2D eigenvalue weighted by molar-refractivity contribution is 5.95. The van der Waals surface area contributed by atoms with Crippen molar-refractivity contribution in [1.82, 2.24) is 15.5 Å². The predicted octanol–water partition coefficient (Wildman–Crippen LogP) is 0.0840. The number of unbranched alkanes of at least 4 members (excludes halogenated alkanes) is 1. The first-order chi connectivity index (χ1) is 9.86. The van der Waals surface area contributed by atoms with E-state index in [0.717, 1.165) is 12.8 Å².